The van der Waals surface area contributed by atoms with Crippen molar-refractivity contribution in [1.29, 1.82) is 5.41 Å². The van der Waals surface area contributed by atoms with Gasteiger partial charge in [0.1, 0.15) is 6.04 Å². The van der Waals surface area contributed by atoms with Crippen molar-refractivity contribution in [2.45, 2.75) is 199 Å². The second-order valence-corrected chi connectivity index (χ2v) is 13.0. The highest BCUT2D eigenvalue weighted by Gasteiger charge is 2.31. The fraction of sp³-hybridized carbons (Fsp3) is 0.914. The molecule has 12 heteroatoms. The molecule has 1 amide bonds. The third kappa shape index (κ3) is 32.1. The van der Waals surface area contributed by atoms with E-state index in [1.54, 1.807) is 0 Å². The molecule has 3 unspecified atom stereocenters. The van der Waals surface area contributed by atoms with Crippen LogP contribution in [-0.4, -0.2) is 48.4 Å². The first-order valence-corrected chi connectivity index (χ1v) is 18.4. The van der Waals surface area contributed by atoms with Crippen LogP contribution in [-0.2, 0) is 9.59 Å². The molecule has 0 radical (unpaired) electrons. The van der Waals surface area contributed by atoms with Crippen molar-refractivity contribution in [2.75, 3.05) is 6.54 Å². The average Bonchev–Trinajstić information content (AvgIpc) is 3.01. The lowest BCUT2D eigenvalue weighted by Crippen LogP contribution is -2.59. The van der Waals surface area contributed by atoms with Crippen LogP contribution in [0.5, 0.6) is 0 Å². The number of hydrogen-bond acceptors (Lipinski definition) is 6. The minimum Gasteiger partial charge on any atom is -0.370 e. The van der Waals surface area contributed by atoms with Crippen LogP contribution in [0.3, 0.4) is 0 Å². The number of guanidine groups is 1. The van der Waals surface area contributed by atoms with Gasteiger partial charge in [0.2, 0.25) is 5.91 Å². The normalized spacial score (nSPS) is 13.2. The maximum absolute atomic E-state index is 13.1. The van der Waals surface area contributed by atoms with Crippen LogP contribution in [0.4, 0.5) is 0 Å². The van der Waals surface area contributed by atoms with Crippen LogP contribution >= 0.6 is 37.2 Å². The molecule has 0 aromatic rings. The summed E-state index contributed by atoms with van der Waals surface area (Å²) in [6.07, 6.45) is 29.8. The Bertz CT molecular complexity index is 723. The molecule has 284 valence electrons. The number of halogens is 3. The van der Waals surface area contributed by atoms with E-state index in [0.29, 0.717) is 19.4 Å². The molecule has 0 saturated heterocycles. The first-order chi connectivity index (χ1) is 21.2. The minimum atomic E-state index is -1.15. The molecule has 0 heterocycles. The molecule has 0 saturated carbocycles. The van der Waals surface area contributed by atoms with Gasteiger partial charge in [0.05, 0.1) is 12.1 Å². The summed E-state index contributed by atoms with van der Waals surface area (Å²) in [4.78, 5) is 25.8. The van der Waals surface area contributed by atoms with Gasteiger partial charge < -0.3 is 33.6 Å². The van der Waals surface area contributed by atoms with Gasteiger partial charge in [-0.1, -0.05) is 149 Å². The van der Waals surface area contributed by atoms with Crippen LogP contribution < -0.4 is 33.6 Å². The summed E-state index contributed by atoms with van der Waals surface area (Å²) >= 11 is 0. The zero-order valence-electron chi connectivity index (χ0n) is 30.0. The molecule has 0 aromatic carbocycles. The molecule has 47 heavy (non-hydrogen) atoms. The van der Waals surface area contributed by atoms with Gasteiger partial charge in [-0.25, -0.2) is 0 Å². The summed E-state index contributed by atoms with van der Waals surface area (Å²) in [6.45, 7) is 4.96. The Hall–Kier alpha value is -0.840. The molecule has 0 spiro atoms. The first-order valence-electron chi connectivity index (χ1n) is 18.4. The van der Waals surface area contributed by atoms with Crippen LogP contribution in [0.2, 0.25) is 0 Å². The number of amides is 1. The third-order valence-electron chi connectivity index (χ3n) is 8.80. The lowest BCUT2D eigenvalue weighted by Gasteiger charge is -2.25. The molecular formula is C35H76Cl3N7O2. The Labute approximate surface area is 307 Å². The predicted molar refractivity (Wildman–Crippen MR) is 209 cm³/mol. The summed E-state index contributed by atoms with van der Waals surface area (Å²) in [5.74, 6) is -0.899. The monoisotopic (exact) mass is 732 g/mol. The molecule has 4 atom stereocenters. The zero-order valence-corrected chi connectivity index (χ0v) is 32.5. The second kappa shape index (κ2) is 38.0. The van der Waals surface area contributed by atoms with Crippen molar-refractivity contribution < 1.29 is 9.59 Å². The van der Waals surface area contributed by atoms with Gasteiger partial charge in [-0.05, 0) is 25.7 Å². The lowest BCUT2D eigenvalue weighted by molar-refractivity contribution is -0.129. The van der Waals surface area contributed by atoms with E-state index < -0.39 is 23.9 Å². The SMILES string of the molecule is CCCCCCCCCCCCCC(CCCCCCCCCCCC)NC(=O)C(N)C(N)C(=O)[C@@H](N)CCCNC(=N)N.Cl.Cl.Cl. The number of nitrogens with two attached hydrogens (primary N) is 4. The van der Waals surface area contributed by atoms with Gasteiger partial charge in [0.15, 0.2) is 11.7 Å². The predicted octanol–water partition coefficient (Wildman–Crippen LogP) is 7.56. The van der Waals surface area contributed by atoms with E-state index in [2.05, 4.69) is 24.5 Å². The summed E-state index contributed by atoms with van der Waals surface area (Å²) in [6, 6.07) is -3.03. The van der Waals surface area contributed by atoms with Gasteiger partial charge in [0.25, 0.3) is 0 Å². The lowest BCUT2D eigenvalue weighted by atomic mass is 9.95. The van der Waals surface area contributed by atoms with Crippen molar-refractivity contribution in [2.24, 2.45) is 22.9 Å². The fourth-order valence-corrected chi connectivity index (χ4v) is 5.79. The number of nitrogens with one attached hydrogen (secondary N) is 3. The van der Waals surface area contributed by atoms with E-state index in [1.165, 1.54) is 122 Å². The summed E-state index contributed by atoms with van der Waals surface area (Å²) < 4.78 is 0. The summed E-state index contributed by atoms with van der Waals surface area (Å²) in [5.41, 5.74) is 23.6. The largest absolute Gasteiger partial charge is 0.370 e. The molecule has 11 N–H and O–H groups in total. The van der Waals surface area contributed by atoms with E-state index >= 15 is 0 Å². The number of Topliss-reactive ketones (excluding diaryl/α,β-unsaturated/α-hetero) is 1. The Kier molecular flexibility index (Phi) is 42.8. The Morgan fingerprint density at radius 2 is 0.915 bits per heavy atom. The maximum atomic E-state index is 13.1. The smallest absolute Gasteiger partial charge is 0.239 e. The van der Waals surface area contributed by atoms with Crippen LogP contribution in [0.25, 0.3) is 0 Å². The molecule has 9 nitrogen and oxygen atoms in total. The number of carbonyl (C=O) groups is 2. The van der Waals surface area contributed by atoms with Crippen molar-refractivity contribution in [3.8, 4) is 0 Å². The van der Waals surface area contributed by atoms with Gasteiger partial charge in [0, 0.05) is 12.6 Å². The molecule has 0 bridgehead atoms. The standard InChI is InChI=1S/C35H73N7O2.3ClH/c1-3-5-7-9-11-13-15-17-19-21-23-26-29(25-22-20-18-16-14-12-10-8-6-4-2)42-34(44)32(38)31(37)33(43)30(36)27-24-28-41-35(39)40;;;/h29-32H,3-28,36-38H2,1-2H3,(H,42,44)(H4,39,40,41);3*1H/t29?,30-,31?,32?;;;/m0.../s1. The van der Waals surface area contributed by atoms with Crippen LogP contribution in [0, 0.1) is 5.41 Å². The number of rotatable bonds is 32. The minimum absolute atomic E-state index is 0. The number of carbonyl (C=O) groups excluding carboxylic acids is 2. The molecule has 0 aromatic heterocycles. The highest BCUT2D eigenvalue weighted by molar-refractivity contribution is 5.95. The molecular weight excluding hydrogens is 657 g/mol. The Morgan fingerprint density at radius 1 is 0.553 bits per heavy atom. The summed E-state index contributed by atoms with van der Waals surface area (Å²) in [7, 11) is 0. The van der Waals surface area contributed by atoms with E-state index in [4.69, 9.17) is 28.3 Å². The topological polar surface area (TPSA) is 186 Å². The summed E-state index contributed by atoms with van der Waals surface area (Å²) in [5, 5.41) is 13.0. The second-order valence-electron chi connectivity index (χ2n) is 13.0. The highest BCUT2D eigenvalue weighted by Crippen LogP contribution is 2.17. The van der Waals surface area contributed by atoms with Crippen molar-refractivity contribution >= 4 is 54.9 Å². The molecule has 0 fully saturated rings. The molecule has 0 rings (SSSR count). The Balaban J connectivity index is -0.00000308. The van der Waals surface area contributed by atoms with E-state index in [-0.39, 0.29) is 55.1 Å². The van der Waals surface area contributed by atoms with E-state index in [1.807, 2.05) is 0 Å². The zero-order chi connectivity index (χ0) is 32.8. The number of unbranched alkanes of at least 4 members (excludes halogenated alkanes) is 19. The van der Waals surface area contributed by atoms with Crippen molar-refractivity contribution in [1.82, 2.24) is 10.6 Å². The molecule has 0 aliphatic rings. The highest BCUT2D eigenvalue weighted by atomic mass is 35.5. The van der Waals surface area contributed by atoms with Gasteiger partial charge in [-0.15, -0.1) is 37.2 Å². The number of hydrogen-bond donors (Lipinski definition) is 7. The van der Waals surface area contributed by atoms with E-state index in [0.717, 1.165) is 25.7 Å². The van der Waals surface area contributed by atoms with Gasteiger partial charge in [-0.3, -0.25) is 15.0 Å². The third-order valence-corrected chi connectivity index (χ3v) is 8.80. The maximum Gasteiger partial charge on any atom is 0.239 e. The average molecular weight is 733 g/mol. The van der Waals surface area contributed by atoms with Gasteiger partial charge >= 0.3 is 0 Å². The van der Waals surface area contributed by atoms with E-state index in [9.17, 15) is 9.59 Å². The molecule has 0 aliphatic heterocycles. The van der Waals surface area contributed by atoms with Gasteiger partial charge in [-0.2, -0.15) is 0 Å². The van der Waals surface area contributed by atoms with Crippen molar-refractivity contribution in [3.05, 3.63) is 0 Å². The number of ketones is 1. The Morgan fingerprint density at radius 3 is 1.28 bits per heavy atom. The van der Waals surface area contributed by atoms with Crippen molar-refractivity contribution in [3.63, 3.8) is 0 Å². The first kappa shape index (κ1) is 53.0. The van der Waals surface area contributed by atoms with Crippen LogP contribution in [0.15, 0.2) is 0 Å². The van der Waals surface area contributed by atoms with Crippen LogP contribution in [0.1, 0.15) is 174 Å². The quantitative estimate of drug-likeness (QED) is 0.0211. The molecule has 0 aliphatic carbocycles. The fourth-order valence-electron chi connectivity index (χ4n) is 5.79.